The highest BCUT2D eigenvalue weighted by atomic mass is 35.5. The molecule has 0 bridgehead atoms. The summed E-state index contributed by atoms with van der Waals surface area (Å²) in [7, 11) is 0. The molecule has 2 aliphatic heterocycles. The third-order valence-corrected chi connectivity index (χ3v) is 8.17. The van der Waals surface area contributed by atoms with Crippen molar-refractivity contribution in [1.82, 2.24) is 10.2 Å². The van der Waals surface area contributed by atoms with Crippen LogP contribution in [0.3, 0.4) is 0 Å². The fourth-order valence-corrected chi connectivity index (χ4v) is 5.72. The second-order valence-electron chi connectivity index (χ2n) is 10.5. The summed E-state index contributed by atoms with van der Waals surface area (Å²) >= 11 is 0. The third kappa shape index (κ3) is 7.41. The van der Waals surface area contributed by atoms with Crippen LogP contribution in [-0.4, -0.2) is 42.9 Å². The van der Waals surface area contributed by atoms with E-state index in [2.05, 4.69) is 27.5 Å². The Morgan fingerprint density at radius 3 is 1.73 bits per heavy atom. The molecule has 3 aromatic carbocycles. The topological polar surface area (TPSA) is 105 Å². The van der Waals surface area contributed by atoms with E-state index in [9.17, 15) is 23.3 Å². The van der Waals surface area contributed by atoms with Gasteiger partial charge in [0.1, 0.15) is 11.6 Å². The average Bonchev–Trinajstić information content (AvgIpc) is 2.99. The summed E-state index contributed by atoms with van der Waals surface area (Å²) < 4.78 is 26.0. The van der Waals surface area contributed by atoms with E-state index in [1.54, 1.807) is 24.3 Å². The first-order chi connectivity index (χ1) is 19.3. The number of hydrogen-bond donors (Lipinski definition) is 2. The number of nitrogens with zero attached hydrogens (tertiary/aromatic N) is 2. The minimum absolute atomic E-state index is 0. The Balaban J connectivity index is 0.000000238. The summed E-state index contributed by atoms with van der Waals surface area (Å²) in [4.78, 5) is 37.1. The van der Waals surface area contributed by atoms with Crippen LogP contribution in [0.2, 0.25) is 0 Å². The molecule has 0 spiro atoms. The maximum absolute atomic E-state index is 13.2. The monoisotopic (exact) mass is 584 g/mol. The molecule has 2 saturated heterocycles. The van der Waals surface area contributed by atoms with Crippen LogP contribution in [0.15, 0.2) is 84.0 Å². The Morgan fingerprint density at radius 2 is 1.27 bits per heavy atom. The van der Waals surface area contributed by atoms with Crippen molar-refractivity contribution in [3.8, 4) is 0 Å². The number of amides is 2. The van der Waals surface area contributed by atoms with Gasteiger partial charge in [0, 0.05) is 11.7 Å². The number of carbonyl (C=O) groups excluding carboxylic acids is 2. The van der Waals surface area contributed by atoms with Crippen LogP contribution in [-0.2, 0) is 27.0 Å². The minimum Gasteiger partial charge on any atom is -0.369 e. The van der Waals surface area contributed by atoms with Crippen LogP contribution in [0.5, 0.6) is 0 Å². The number of piperidine rings is 2. The molecular formula is C31H35ClF2N4O3. The minimum atomic E-state index is -0.928. The van der Waals surface area contributed by atoms with Crippen molar-refractivity contribution in [2.24, 2.45) is 10.9 Å². The van der Waals surface area contributed by atoms with Gasteiger partial charge >= 0.3 is 0 Å². The first kappa shape index (κ1) is 32.0. The number of hydrogen-bond acceptors (Lipinski definition) is 5. The first-order valence-electron chi connectivity index (χ1n) is 13.5. The van der Waals surface area contributed by atoms with Gasteiger partial charge in [0.25, 0.3) is 5.91 Å². The lowest BCUT2D eigenvalue weighted by molar-refractivity contribution is -0.125. The standard InChI is InChI=1S/C19H19FN2O2.C12H15FN2O.ClH/c20-17-8-6-16(7-9-17)19(18(23)21-24)10-12-22(13-11-19)14-15-4-2-1-3-5-15;13-10-3-1-9(2-4-10)12(11(14)16)5-7-15-8-6-12;/h1-9H,10-14H2;1-4,15H,5-8H2,(H2,14,16);1H. The molecule has 0 aromatic heterocycles. The lowest BCUT2D eigenvalue weighted by Crippen LogP contribution is -2.48. The second-order valence-corrected chi connectivity index (χ2v) is 10.5. The molecule has 3 aromatic rings. The summed E-state index contributed by atoms with van der Waals surface area (Å²) in [6.07, 6.45) is 2.37. The maximum Gasteiger partial charge on any atom is 0.296 e. The first-order valence-corrected chi connectivity index (χ1v) is 13.5. The lowest BCUT2D eigenvalue weighted by Gasteiger charge is -2.39. The molecular weight excluding hydrogens is 550 g/mol. The van der Waals surface area contributed by atoms with Crippen LogP contribution in [0, 0.1) is 16.5 Å². The molecule has 41 heavy (non-hydrogen) atoms. The number of rotatable bonds is 6. The van der Waals surface area contributed by atoms with Crippen LogP contribution < -0.4 is 11.1 Å². The molecule has 0 atom stereocenters. The molecule has 0 unspecified atom stereocenters. The summed E-state index contributed by atoms with van der Waals surface area (Å²) in [5, 5.41) is 5.88. The van der Waals surface area contributed by atoms with Gasteiger partial charge in [-0.05, 0) is 92.8 Å². The zero-order chi connectivity index (χ0) is 28.6. The van der Waals surface area contributed by atoms with Crippen molar-refractivity contribution < 1.29 is 18.4 Å². The average molecular weight is 585 g/mol. The highest BCUT2D eigenvalue weighted by molar-refractivity contribution is 5.89. The van der Waals surface area contributed by atoms with Crippen LogP contribution >= 0.6 is 12.4 Å². The van der Waals surface area contributed by atoms with E-state index in [0.717, 1.165) is 25.2 Å². The molecule has 2 heterocycles. The Labute approximate surface area is 244 Å². The van der Waals surface area contributed by atoms with Gasteiger partial charge in [-0.2, -0.15) is 0 Å². The predicted octanol–water partition coefficient (Wildman–Crippen LogP) is 5.01. The van der Waals surface area contributed by atoms with E-state index in [4.69, 9.17) is 5.73 Å². The Bertz CT molecular complexity index is 1290. The molecule has 7 nitrogen and oxygen atoms in total. The number of carbonyl (C=O) groups is 2. The molecule has 2 amide bonds. The zero-order valence-corrected chi connectivity index (χ0v) is 23.5. The number of benzene rings is 3. The smallest absolute Gasteiger partial charge is 0.296 e. The number of likely N-dealkylation sites (tertiary alicyclic amines) is 1. The van der Waals surface area contributed by atoms with Gasteiger partial charge in [0.2, 0.25) is 5.91 Å². The van der Waals surface area contributed by atoms with Crippen LogP contribution in [0.4, 0.5) is 8.78 Å². The van der Waals surface area contributed by atoms with E-state index in [1.807, 2.05) is 18.2 Å². The van der Waals surface area contributed by atoms with E-state index in [0.29, 0.717) is 44.3 Å². The van der Waals surface area contributed by atoms with Crippen molar-refractivity contribution >= 4 is 24.2 Å². The van der Waals surface area contributed by atoms with Crippen molar-refractivity contribution in [2.75, 3.05) is 26.2 Å². The summed E-state index contributed by atoms with van der Waals surface area (Å²) in [5.41, 5.74) is 6.67. The molecule has 0 aliphatic carbocycles. The van der Waals surface area contributed by atoms with Crippen LogP contribution in [0.1, 0.15) is 42.4 Å². The summed E-state index contributed by atoms with van der Waals surface area (Å²) in [6, 6.07) is 22.0. The predicted molar refractivity (Wildman–Crippen MR) is 156 cm³/mol. The van der Waals surface area contributed by atoms with E-state index < -0.39 is 16.7 Å². The Kier molecular flexibility index (Phi) is 11.2. The molecule has 0 radical (unpaired) electrons. The molecule has 0 saturated carbocycles. The van der Waals surface area contributed by atoms with Crippen molar-refractivity contribution in [3.05, 3.63) is 112 Å². The van der Waals surface area contributed by atoms with Gasteiger partial charge in [0.05, 0.1) is 10.8 Å². The van der Waals surface area contributed by atoms with E-state index in [-0.39, 0.29) is 29.9 Å². The number of nitrogens with one attached hydrogen (secondary N) is 1. The normalized spacial score (nSPS) is 17.7. The quantitative estimate of drug-likeness (QED) is 0.397. The van der Waals surface area contributed by atoms with Gasteiger partial charge in [-0.25, -0.2) is 8.78 Å². The number of primary amides is 1. The van der Waals surface area contributed by atoms with Crippen molar-refractivity contribution in [2.45, 2.75) is 43.1 Å². The zero-order valence-electron chi connectivity index (χ0n) is 22.7. The fraction of sp³-hybridized carbons (Fsp3) is 0.355. The number of halogens is 3. The largest absolute Gasteiger partial charge is 0.369 e. The lowest BCUT2D eigenvalue weighted by atomic mass is 9.72. The van der Waals surface area contributed by atoms with Crippen molar-refractivity contribution in [3.63, 3.8) is 0 Å². The second kappa shape index (κ2) is 14.4. The Morgan fingerprint density at radius 1 is 0.780 bits per heavy atom. The summed E-state index contributed by atoms with van der Waals surface area (Å²) in [6.45, 7) is 3.71. The molecule has 218 valence electrons. The molecule has 2 fully saturated rings. The third-order valence-electron chi connectivity index (χ3n) is 8.17. The Hall–Kier alpha value is -3.53. The number of nitrogens with two attached hydrogens (primary N) is 1. The molecule has 2 aliphatic rings. The van der Waals surface area contributed by atoms with E-state index >= 15 is 0 Å². The number of nitroso groups, excluding NO2 is 1. The molecule has 3 N–H and O–H groups in total. The maximum atomic E-state index is 13.2. The van der Waals surface area contributed by atoms with Gasteiger partial charge < -0.3 is 11.1 Å². The van der Waals surface area contributed by atoms with Gasteiger partial charge in [-0.1, -0.05) is 54.6 Å². The molecule has 10 heteroatoms. The highest BCUT2D eigenvalue weighted by Crippen LogP contribution is 2.37. The van der Waals surface area contributed by atoms with Gasteiger partial charge in [-0.3, -0.25) is 14.5 Å². The van der Waals surface area contributed by atoms with Gasteiger partial charge in [0.15, 0.2) is 0 Å². The SMILES string of the molecule is Cl.NC(=O)C1(c2ccc(F)cc2)CCNCC1.O=NC(=O)C1(c2ccc(F)cc2)CCN(Cc2ccccc2)CC1. The summed E-state index contributed by atoms with van der Waals surface area (Å²) in [5.74, 6) is -1.63. The fourth-order valence-electron chi connectivity index (χ4n) is 5.72. The highest BCUT2D eigenvalue weighted by Gasteiger charge is 2.44. The van der Waals surface area contributed by atoms with Gasteiger partial charge in [-0.15, -0.1) is 17.3 Å². The molecule has 5 rings (SSSR count). The van der Waals surface area contributed by atoms with E-state index in [1.165, 1.54) is 29.8 Å². The van der Waals surface area contributed by atoms with Crippen molar-refractivity contribution in [1.29, 1.82) is 0 Å². The van der Waals surface area contributed by atoms with Crippen LogP contribution in [0.25, 0.3) is 0 Å².